The van der Waals surface area contributed by atoms with Crippen molar-refractivity contribution in [2.24, 2.45) is 0 Å². The number of halogens is 1. The minimum Gasteiger partial charge on any atom is -0.504 e. The highest BCUT2D eigenvalue weighted by atomic mass is 35.5. The van der Waals surface area contributed by atoms with Crippen molar-refractivity contribution >= 4 is 17.3 Å². The van der Waals surface area contributed by atoms with Crippen LogP contribution in [-0.2, 0) is 6.54 Å². The van der Waals surface area contributed by atoms with Crippen LogP contribution in [0.1, 0.15) is 12.5 Å². The molecule has 2 rings (SSSR count). The van der Waals surface area contributed by atoms with Crippen molar-refractivity contribution in [1.29, 1.82) is 0 Å². The number of rotatable bonds is 5. The predicted molar refractivity (Wildman–Crippen MR) is 75.8 cm³/mol. The van der Waals surface area contributed by atoms with Crippen LogP contribution in [0.2, 0.25) is 5.15 Å². The molecule has 0 radical (unpaired) electrons. The largest absolute Gasteiger partial charge is 0.504 e. The van der Waals surface area contributed by atoms with E-state index >= 15 is 0 Å². The Bertz CT molecular complexity index is 561. The molecule has 0 saturated heterocycles. The molecule has 0 aliphatic heterocycles. The summed E-state index contributed by atoms with van der Waals surface area (Å²) in [6, 6.07) is 8.88. The minimum absolute atomic E-state index is 0.151. The van der Waals surface area contributed by atoms with E-state index in [1.54, 1.807) is 18.3 Å². The average Bonchev–Trinajstić information content (AvgIpc) is 2.40. The van der Waals surface area contributed by atoms with Crippen LogP contribution >= 0.6 is 11.6 Å². The summed E-state index contributed by atoms with van der Waals surface area (Å²) in [6.07, 6.45) is 1.65. The maximum atomic E-state index is 9.62. The molecule has 0 fully saturated rings. The molecule has 0 aliphatic rings. The second-order valence-electron chi connectivity index (χ2n) is 3.96. The van der Waals surface area contributed by atoms with Gasteiger partial charge >= 0.3 is 0 Å². The summed E-state index contributed by atoms with van der Waals surface area (Å²) in [6.45, 7) is 3.01. The van der Waals surface area contributed by atoms with Crippen LogP contribution in [0.3, 0.4) is 0 Å². The minimum atomic E-state index is 0.151. The summed E-state index contributed by atoms with van der Waals surface area (Å²) in [5, 5.41) is 13.3. The number of aromatic hydroxyl groups is 1. The first kappa shape index (κ1) is 13.5. The number of benzene rings is 1. The molecule has 19 heavy (non-hydrogen) atoms. The third-order valence-corrected chi connectivity index (χ3v) is 2.75. The van der Waals surface area contributed by atoms with Crippen LogP contribution in [0.4, 0.5) is 5.69 Å². The van der Waals surface area contributed by atoms with Crippen LogP contribution in [0.15, 0.2) is 36.5 Å². The Labute approximate surface area is 117 Å². The predicted octanol–water partition coefficient (Wildman–Crippen LogP) is 3.45. The second-order valence-corrected chi connectivity index (χ2v) is 4.34. The van der Waals surface area contributed by atoms with Gasteiger partial charge in [0.25, 0.3) is 0 Å². The van der Waals surface area contributed by atoms with E-state index in [-0.39, 0.29) is 5.75 Å². The highest BCUT2D eigenvalue weighted by Gasteiger charge is 2.03. The normalized spacial score (nSPS) is 10.2. The molecule has 0 unspecified atom stereocenters. The van der Waals surface area contributed by atoms with Crippen molar-refractivity contribution < 1.29 is 9.84 Å². The van der Waals surface area contributed by atoms with Gasteiger partial charge < -0.3 is 15.2 Å². The van der Waals surface area contributed by atoms with Crippen molar-refractivity contribution in [2.75, 3.05) is 11.9 Å². The molecule has 0 saturated carbocycles. The highest BCUT2D eigenvalue weighted by molar-refractivity contribution is 6.29. The molecule has 1 heterocycles. The first-order valence-electron chi connectivity index (χ1n) is 5.99. The van der Waals surface area contributed by atoms with E-state index in [2.05, 4.69) is 10.3 Å². The number of nitrogens with one attached hydrogen (secondary N) is 1. The number of pyridine rings is 1. The van der Waals surface area contributed by atoms with Gasteiger partial charge in [-0.2, -0.15) is 0 Å². The van der Waals surface area contributed by atoms with Gasteiger partial charge in [0.1, 0.15) is 5.15 Å². The lowest BCUT2D eigenvalue weighted by atomic mass is 10.2. The van der Waals surface area contributed by atoms with Crippen LogP contribution in [0.25, 0.3) is 0 Å². The smallest absolute Gasteiger partial charge is 0.161 e. The molecule has 4 nitrogen and oxygen atoms in total. The summed E-state index contributed by atoms with van der Waals surface area (Å²) in [4.78, 5) is 3.92. The fraction of sp³-hybridized carbons (Fsp3) is 0.214. The molecule has 5 heteroatoms. The number of aromatic nitrogens is 1. The van der Waals surface area contributed by atoms with Crippen molar-refractivity contribution in [1.82, 2.24) is 4.98 Å². The average molecular weight is 279 g/mol. The molecular weight excluding hydrogens is 264 g/mol. The third-order valence-electron chi connectivity index (χ3n) is 2.55. The Morgan fingerprint density at radius 3 is 2.89 bits per heavy atom. The third kappa shape index (κ3) is 3.76. The molecule has 1 aromatic heterocycles. The Kier molecular flexibility index (Phi) is 4.47. The van der Waals surface area contributed by atoms with Gasteiger partial charge in [-0.05, 0) is 36.8 Å². The molecule has 100 valence electrons. The van der Waals surface area contributed by atoms with E-state index in [1.165, 1.54) is 0 Å². The summed E-state index contributed by atoms with van der Waals surface area (Å²) in [5.41, 5.74) is 1.90. The maximum Gasteiger partial charge on any atom is 0.161 e. The quantitative estimate of drug-likeness (QED) is 0.823. The van der Waals surface area contributed by atoms with Crippen LogP contribution in [0.5, 0.6) is 11.5 Å². The zero-order chi connectivity index (χ0) is 13.7. The number of anilines is 1. The zero-order valence-electron chi connectivity index (χ0n) is 10.6. The number of nitrogens with zero attached hydrogens (tertiary/aromatic N) is 1. The Morgan fingerprint density at radius 2 is 2.16 bits per heavy atom. The van der Waals surface area contributed by atoms with Crippen molar-refractivity contribution in [3.8, 4) is 11.5 Å². The molecule has 1 aromatic carbocycles. The first-order chi connectivity index (χ1) is 9.19. The molecule has 0 bridgehead atoms. The number of phenolic OH excluding ortho intramolecular Hbond substituents is 1. The summed E-state index contributed by atoms with van der Waals surface area (Å²) in [7, 11) is 0. The van der Waals surface area contributed by atoms with Crippen LogP contribution in [0, 0.1) is 0 Å². The number of hydrogen-bond acceptors (Lipinski definition) is 4. The van der Waals surface area contributed by atoms with Gasteiger partial charge in [0.2, 0.25) is 0 Å². The maximum absolute atomic E-state index is 9.62. The molecule has 0 aliphatic carbocycles. The number of hydrogen-bond donors (Lipinski definition) is 2. The van der Waals surface area contributed by atoms with Gasteiger partial charge in [0.05, 0.1) is 6.61 Å². The van der Waals surface area contributed by atoms with Gasteiger partial charge in [0.15, 0.2) is 11.5 Å². The van der Waals surface area contributed by atoms with Crippen molar-refractivity contribution in [2.45, 2.75) is 13.5 Å². The van der Waals surface area contributed by atoms with Gasteiger partial charge in [-0.25, -0.2) is 4.98 Å². The monoisotopic (exact) mass is 278 g/mol. The number of phenols is 1. The molecular formula is C14H15ClN2O2. The van der Waals surface area contributed by atoms with E-state index in [4.69, 9.17) is 16.3 Å². The zero-order valence-corrected chi connectivity index (χ0v) is 11.3. The second kappa shape index (κ2) is 6.29. The van der Waals surface area contributed by atoms with Gasteiger partial charge in [-0.15, -0.1) is 0 Å². The first-order valence-corrected chi connectivity index (χ1v) is 6.37. The molecule has 0 spiro atoms. The van der Waals surface area contributed by atoms with E-state index in [0.29, 0.717) is 24.1 Å². The fourth-order valence-electron chi connectivity index (χ4n) is 1.66. The Hall–Kier alpha value is -1.94. The molecule has 2 aromatic rings. The topological polar surface area (TPSA) is 54.4 Å². The number of ether oxygens (including phenoxy) is 1. The van der Waals surface area contributed by atoms with Gasteiger partial charge in [0, 0.05) is 18.4 Å². The Balaban J connectivity index is 2.05. The fourth-order valence-corrected chi connectivity index (χ4v) is 1.83. The lowest BCUT2D eigenvalue weighted by Gasteiger charge is -2.10. The lowest BCUT2D eigenvalue weighted by molar-refractivity contribution is 0.318. The summed E-state index contributed by atoms with van der Waals surface area (Å²) in [5.74, 6) is 0.645. The molecule has 0 atom stereocenters. The van der Waals surface area contributed by atoms with Crippen LogP contribution < -0.4 is 10.1 Å². The summed E-state index contributed by atoms with van der Waals surface area (Å²) < 4.78 is 5.34. The Morgan fingerprint density at radius 1 is 1.32 bits per heavy atom. The molecule has 2 N–H and O–H groups in total. The standard InChI is InChI=1S/C14H15ClN2O2/c1-2-19-13-7-10(3-4-12(13)18)9-17-11-5-6-16-14(15)8-11/h3-8,18H,2,9H2,1H3,(H,16,17). The van der Waals surface area contributed by atoms with Crippen molar-refractivity contribution in [3.63, 3.8) is 0 Å². The van der Waals surface area contributed by atoms with Gasteiger partial charge in [-0.1, -0.05) is 17.7 Å². The SMILES string of the molecule is CCOc1cc(CNc2ccnc(Cl)c2)ccc1O. The lowest BCUT2D eigenvalue weighted by Crippen LogP contribution is -2.00. The van der Waals surface area contributed by atoms with Gasteiger partial charge in [-0.3, -0.25) is 0 Å². The van der Waals surface area contributed by atoms with E-state index in [0.717, 1.165) is 11.3 Å². The molecule has 0 amide bonds. The van der Waals surface area contributed by atoms with E-state index in [1.807, 2.05) is 25.1 Å². The van der Waals surface area contributed by atoms with Crippen LogP contribution in [-0.4, -0.2) is 16.7 Å². The summed E-state index contributed by atoms with van der Waals surface area (Å²) >= 11 is 5.81. The van der Waals surface area contributed by atoms with E-state index < -0.39 is 0 Å². The van der Waals surface area contributed by atoms with Crippen molar-refractivity contribution in [3.05, 3.63) is 47.2 Å². The van der Waals surface area contributed by atoms with E-state index in [9.17, 15) is 5.11 Å². The highest BCUT2D eigenvalue weighted by Crippen LogP contribution is 2.27.